The summed E-state index contributed by atoms with van der Waals surface area (Å²) in [7, 11) is 0. The number of primary amides is 1. The van der Waals surface area contributed by atoms with Gasteiger partial charge < -0.3 is 16.4 Å². The Balaban J connectivity index is 1.98. The van der Waals surface area contributed by atoms with Gasteiger partial charge in [-0.25, -0.2) is 4.79 Å². The van der Waals surface area contributed by atoms with Crippen LogP contribution < -0.4 is 16.4 Å². The Labute approximate surface area is 143 Å². The molecule has 0 heterocycles. The van der Waals surface area contributed by atoms with E-state index < -0.39 is 12.1 Å². The highest BCUT2D eigenvalue weighted by atomic mass is 79.9. The molecule has 120 valence electrons. The van der Waals surface area contributed by atoms with Gasteiger partial charge in [-0.05, 0) is 23.3 Å². The summed E-state index contributed by atoms with van der Waals surface area (Å²) in [6.07, 6.45) is 0.122. The first-order valence-electron chi connectivity index (χ1n) is 7.16. The molecule has 0 bridgehead atoms. The minimum Gasteiger partial charge on any atom is -0.352 e. The summed E-state index contributed by atoms with van der Waals surface area (Å²) in [5, 5.41) is 5.45. The van der Waals surface area contributed by atoms with Crippen LogP contribution in [0.1, 0.15) is 23.6 Å². The summed E-state index contributed by atoms with van der Waals surface area (Å²) in [4.78, 5) is 23.3. The lowest BCUT2D eigenvalue weighted by atomic mass is 10.0. The molecule has 0 aliphatic rings. The van der Waals surface area contributed by atoms with Crippen LogP contribution in [0.2, 0.25) is 0 Å². The van der Waals surface area contributed by atoms with E-state index in [9.17, 15) is 9.59 Å². The molecule has 23 heavy (non-hydrogen) atoms. The van der Waals surface area contributed by atoms with E-state index in [1.54, 1.807) is 0 Å². The number of carbonyl (C=O) groups excluding carboxylic acids is 2. The number of carbonyl (C=O) groups is 2. The van der Waals surface area contributed by atoms with Gasteiger partial charge in [-0.3, -0.25) is 4.79 Å². The number of amides is 3. The molecule has 2 aromatic rings. The monoisotopic (exact) mass is 375 g/mol. The molecule has 0 radical (unpaired) electrons. The van der Waals surface area contributed by atoms with E-state index in [2.05, 4.69) is 26.6 Å². The normalized spacial score (nSPS) is 11.5. The fourth-order valence-electron chi connectivity index (χ4n) is 2.17. The summed E-state index contributed by atoms with van der Waals surface area (Å²) in [5.41, 5.74) is 7.05. The fraction of sp³-hybridized carbons (Fsp3) is 0.176. The number of nitrogens with two attached hydrogens (primary N) is 1. The van der Waals surface area contributed by atoms with Gasteiger partial charge in [-0.15, -0.1) is 0 Å². The second-order valence-electron chi connectivity index (χ2n) is 5.08. The van der Waals surface area contributed by atoms with Crippen LogP contribution in [-0.2, 0) is 11.3 Å². The third-order valence-electron chi connectivity index (χ3n) is 3.31. The summed E-state index contributed by atoms with van der Waals surface area (Å²) >= 11 is 3.36. The molecule has 4 N–H and O–H groups in total. The van der Waals surface area contributed by atoms with Crippen LogP contribution in [0.3, 0.4) is 0 Å². The topological polar surface area (TPSA) is 84.2 Å². The lowest BCUT2D eigenvalue weighted by Crippen LogP contribution is -2.36. The van der Waals surface area contributed by atoms with E-state index in [4.69, 9.17) is 5.73 Å². The third kappa shape index (κ3) is 5.75. The molecule has 0 spiro atoms. The minimum absolute atomic E-state index is 0.122. The Hall–Kier alpha value is -2.34. The van der Waals surface area contributed by atoms with Crippen LogP contribution in [0.4, 0.5) is 4.79 Å². The van der Waals surface area contributed by atoms with Crippen molar-refractivity contribution < 1.29 is 9.59 Å². The van der Waals surface area contributed by atoms with E-state index >= 15 is 0 Å². The maximum absolute atomic E-state index is 12.1. The van der Waals surface area contributed by atoms with Gasteiger partial charge in [0.05, 0.1) is 12.5 Å². The Kier molecular flexibility index (Phi) is 6.17. The van der Waals surface area contributed by atoms with Crippen LogP contribution >= 0.6 is 15.9 Å². The highest BCUT2D eigenvalue weighted by Crippen LogP contribution is 2.19. The van der Waals surface area contributed by atoms with Crippen molar-refractivity contribution in [3.8, 4) is 0 Å². The van der Waals surface area contributed by atoms with Gasteiger partial charge in [0.2, 0.25) is 5.91 Å². The van der Waals surface area contributed by atoms with E-state index in [0.29, 0.717) is 6.54 Å². The zero-order valence-corrected chi connectivity index (χ0v) is 14.0. The predicted octanol–water partition coefficient (Wildman–Crippen LogP) is 2.87. The molecule has 0 aromatic heterocycles. The largest absolute Gasteiger partial charge is 0.352 e. The average Bonchev–Trinajstić information content (AvgIpc) is 2.53. The quantitative estimate of drug-likeness (QED) is 0.724. The first kappa shape index (κ1) is 17.0. The van der Waals surface area contributed by atoms with Crippen molar-refractivity contribution in [1.82, 2.24) is 10.6 Å². The summed E-state index contributed by atoms with van der Waals surface area (Å²) < 4.78 is 0.924. The number of nitrogens with one attached hydrogen (secondary N) is 2. The van der Waals surface area contributed by atoms with Gasteiger partial charge in [0.15, 0.2) is 0 Å². The Morgan fingerprint density at radius 3 is 2.30 bits per heavy atom. The molecule has 6 heteroatoms. The standard InChI is InChI=1S/C17H18BrN3O2/c18-14-8-6-13(7-9-14)15(21-17(19)23)10-16(22)20-11-12-4-2-1-3-5-12/h1-9,15H,10-11H2,(H,20,22)(H3,19,21,23)/t15-/m1/s1. The lowest BCUT2D eigenvalue weighted by molar-refractivity contribution is -0.121. The number of benzene rings is 2. The highest BCUT2D eigenvalue weighted by Gasteiger charge is 2.17. The number of hydrogen-bond donors (Lipinski definition) is 3. The van der Waals surface area contributed by atoms with E-state index in [-0.39, 0.29) is 12.3 Å². The van der Waals surface area contributed by atoms with Crippen LogP contribution in [-0.4, -0.2) is 11.9 Å². The molecule has 1 atom stereocenters. The van der Waals surface area contributed by atoms with Crippen molar-refractivity contribution >= 4 is 27.9 Å². The first-order valence-corrected chi connectivity index (χ1v) is 7.96. The van der Waals surface area contributed by atoms with Gasteiger partial charge >= 0.3 is 6.03 Å². The SMILES string of the molecule is NC(=O)N[C@H](CC(=O)NCc1ccccc1)c1ccc(Br)cc1. The summed E-state index contributed by atoms with van der Waals surface area (Å²) in [5.74, 6) is -0.157. The van der Waals surface area contributed by atoms with E-state index in [1.165, 1.54) is 0 Å². The Bertz CT molecular complexity index is 659. The number of hydrogen-bond acceptors (Lipinski definition) is 2. The van der Waals surface area contributed by atoms with Crippen molar-refractivity contribution in [3.63, 3.8) is 0 Å². The smallest absolute Gasteiger partial charge is 0.312 e. The maximum Gasteiger partial charge on any atom is 0.312 e. The lowest BCUT2D eigenvalue weighted by Gasteiger charge is -2.18. The van der Waals surface area contributed by atoms with Crippen molar-refractivity contribution in [1.29, 1.82) is 0 Å². The van der Waals surface area contributed by atoms with Gasteiger partial charge in [0.25, 0.3) is 0 Å². The second-order valence-corrected chi connectivity index (χ2v) is 5.99. The molecule has 3 amide bonds. The number of halogens is 1. The number of rotatable bonds is 6. The fourth-order valence-corrected chi connectivity index (χ4v) is 2.44. The summed E-state index contributed by atoms with van der Waals surface area (Å²) in [6, 6.07) is 15.9. The molecule has 0 aliphatic heterocycles. The maximum atomic E-state index is 12.1. The van der Waals surface area contributed by atoms with E-state index in [0.717, 1.165) is 15.6 Å². The van der Waals surface area contributed by atoms with Gasteiger partial charge in [-0.2, -0.15) is 0 Å². The van der Waals surface area contributed by atoms with Gasteiger partial charge in [0, 0.05) is 11.0 Å². The predicted molar refractivity (Wildman–Crippen MR) is 92.5 cm³/mol. The van der Waals surface area contributed by atoms with Gasteiger partial charge in [0.1, 0.15) is 0 Å². The molecule has 0 saturated heterocycles. The molecule has 5 nitrogen and oxygen atoms in total. The molecule has 0 aliphatic carbocycles. The molecule has 2 aromatic carbocycles. The van der Waals surface area contributed by atoms with Gasteiger partial charge in [-0.1, -0.05) is 58.4 Å². The molecule has 2 rings (SSSR count). The number of urea groups is 1. The molecule has 0 unspecified atom stereocenters. The molecular formula is C17H18BrN3O2. The van der Waals surface area contributed by atoms with Crippen LogP contribution in [0.25, 0.3) is 0 Å². The van der Waals surface area contributed by atoms with E-state index in [1.807, 2.05) is 54.6 Å². The molecular weight excluding hydrogens is 358 g/mol. The van der Waals surface area contributed by atoms with Crippen molar-refractivity contribution in [2.75, 3.05) is 0 Å². The minimum atomic E-state index is -0.659. The molecule has 0 saturated carbocycles. The first-order chi connectivity index (χ1) is 11.0. The Morgan fingerprint density at radius 1 is 1.04 bits per heavy atom. The second kappa shape index (κ2) is 8.33. The average molecular weight is 376 g/mol. The van der Waals surface area contributed by atoms with Crippen molar-refractivity contribution in [3.05, 3.63) is 70.2 Å². The zero-order chi connectivity index (χ0) is 16.7. The van der Waals surface area contributed by atoms with Crippen LogP contribution in [0.15, 0.2) is 59.1 Å². The third-order valence-corrected chi connectivity index (χ3v) is 3.84. The Morgan fingerprint density at radius 2 is 1.70 bits per heavy atom. The van der Waals surface area contributed by atoms with Crippen molar-refractivity contribution in [2.24, 2.45) is 5.73 Å². The van der Waals surface area contributed by atoms with Crippen molar-refractivity contribution in [2.45, 2.75) is 19.0 Å². The van der Waals surface area contributed by atoms with Crippen LogP contribution in [0.5, 0.6) is 0 Å². The highest BCUT2D eigenvalue weighted by molar-refractivity contribution is 9.10. The molecule has 0 fully saturated rings. The zero-order valence-electron chi connectivity index (χ0n) is 12.5. The van der Waals surface area contributed by atoms with Crippen LogP contribution in [0, 0.1) is 0 Å². The summed E-state index contributed by atoms with van der Waals surface area (Å²) in [6.45, 7) is 0.448.